The number of aromatic amines is 1. The molecule has 2 aliphatic heterocycles. The Morgan fingerprint density at radius 1 is 1.16 bits per heavy atom. The van der Waals surface area contributed by atoms with Crippen LogP contribution < -0.4 is 15.0 Å². The molecule has 3 aromatic rings. The first kappa shape index (κ1) is 21.0. The molecule has 0 radical (unpaired) electrons. The second kappa shape index (κ2) is 8.60. The highest BCUT2D eigenvalue weighted by Gasteiger charge is 2.30. The number of nitrogens with one attached hydrogen (secondary N) is 1. The Labute approximate surface area is 194 Å². The lowest BCUT2D eigenvalue weighted by Gasteiger charge is -2.27. The molecule has 0 spiro atoms. The zero-order valence-electron chi connectivity index (χ0n) is 17.3. The van der Waals surface area contributed by atoms with Crippen molar-refractivity contribution in [3.63, 3.8) is 0 Å². The number of hydrogen-bond acceptors (Lipinski definition) is 5. The van der Waals surface area contributed by atoms with Crippen LogP contribution in [0.15, 0.2) is 41.2 Å². The summed E-state index contributed by atoms with van der Waals surface area (Å²) in [4.78, 5) is 30.9. The van der Waals surface area contributed by atoms with E-state index >= 15 is 0 Å². The van der Waals surface area contributed by atoms with Gasteiger partial charge in [-0.2, -0.15) is 0 Å². The molecule has 1 N–H and O–H groups in total. The minimum absolute atomic E-state index is 0.0000999. The molecular formula is C23H22ClN3O4S. The normalized spacial score (nSPS) is 17.7. The number of nitrogens with zero attached hydrogens (tertiary/aromatic N) is 2. The fourth-order valence-corrected chi connectivity index (χ4v) is 4.92. The summed E-state index contributed by atoms with van der Waals surface area (Å²) in [6, 6.07) is 10.9. The van der Waals surface area contributed by atoms with Gasteiger partial charge in [0.15, 0.2) is 16.3 Å². The minimum atomic E-state index is -0.224. The van der Waals surface area contributed by atoms with Gasteiger partial charge in [0, 0.05) is 24.5 Å². The highest BCUT2D eigenvalue weighted by Crippen LogP contribution is 2.38. The Morgan fingerprint density at radius 2 is 1.97 bits per heavy atom. The van der Waals surface area contributed by atoms with Gasteiger partial charge in [0.1, 0.15) is 13.2 Å². The number of aromatic nitrogens is 2. The molecule has 1 aromatic heterocycles. The summed E-state index contributed by atoms with van der Waals surface area (Å²) >= 11 is 11.4. The van der Waals surface area contributed by atoms with Crippen LogP contribution >= 0.6 is 23.8 Å². The molecule has 5 rings (SSSR count). The fourth-order valence-electron chi connectivity index (χ4n) is 4.46. The Balaban J connectivity index is 1.34. The summed E-state index contributed by atoms with van der Waals surface area (Å²) in [6.45, 7) is 1.98. The van der Waals surface area contributed by atoms with Crippen molar-refractivity contribution >= 4 is 40.6 Å². The molecule has 1 saturated heterocycles. The molecule has 7 nitrogen and oxygen atoms in total. The molecule has 0 bridgehead atoms. The van der Waals surface area contributed by atoms with E-state index in [-0.39, 0.29) is 35.2 Å². The van der Waals surface area contributed by atoms with E-state index < -0.39 is 0 Å². The zero-order valence-corrected chi connectivity index (χ0v) is 18.9. The van der Waals surface area contributed by atoms with E-state index in [0.717, 1.165) is 29.9 Å². The summed E-state index contributed by atoms with van der Waals surface area (Å²) in [7, 11) is 0. The van der Waals surface area contributed by atoms with Crippen molar-refractivity contribution in [1.29, 1.82) is 0 Å². The average Bonchev–Trinajstić information content (AvgIpc) is 3.28. The Hall–Kier alpha value is -2.84. The Kier molecular flexibility index (Phi) is 5.65. The lowest BCUT2D eigenvalue weighted by Crippen LogP contribution is -2.32. The number of carbonyl (C=O) groups excluding carboxylic acids is 1. The van der Waals surface area contributed by atoms with E-state index in [0.29, 0.717) is 35.7 Å². The van der Waals surface area contributed by atoms with Gasteiger partial charge in [-0.25, -0.2) is 0 Å². The quantitative estimate of drug-likeness (QED) is 0.576. The number of benzene rings is 2. The first-order valence-electron chi connectivity index (χ1n) is 10.6. The van der Waals surface area contributed by atoms with Crippen LogP contribution in [0.5, 0.6) is 11.5 Å². The molecule has 0 aliphatic carbocycles. The number of H-pyrrole nitrogens is 1. The number of carbonyl (C=O) groups is 1. The van der Waals surface area contributed by atoms with Crippen molar-refractivity contribution in [3.8, 4) is 11.5 Å². The van der Waals surface area contributed by atoms with Gasteiger partial charge in [-0.15, -0.1) is 0 Å². The van der Waals surface area contributed by atoms with Crippen LogP contribution in [0.25, 0.3) is 10.9 Å². The van der Waals surface area contributed by atoms with Crippen LogP contribution in [0.3, 0.4) is 0 Å². The first-order chi connectivity index (χ1) is 15.5. The highest BCUT2D eigenvalue weighted by atomic mass is 35.5. The summed E-state index contributed by atoms with van der Waals surface area (Å²) in [5.41, 5.74) is 1.41. The van der Waals surface area contributed by atoms with Crippen molar-refractivity contribution < 1.29 is 14.3 Å². The molecule has 9 heteroatoms. The van der Waals surface area contributed by atoms with E-state index in [1.54, 1.807) is 18.2 Å². The molecule has 3 heterocycles. The molecule has 1 atom stereocenters. The summed E-state index contributed by atoms with van der Waals surface area (Å²) < 4.78 is 13.0. The van der Waals surface area contributed by atoms with E-state index in [1.165, 1.54) is 4.57 Å². The lowest BCUT2D eigenvalue weighted by molar-refractivity contribution is -0.132. The number of ether oxygens (including phenoxy) is 2. The third-order valence-electron chi connectivity index (χ3n) is 6.02. The topological polar surface area (TPSA) is 76.6 Å². The smallest absolute Gasteiger partial charge is 0.262 e. The highest BCUT2D eigenvalue weighted by molar-refractivity contribution is 7.71. The van der Waals surface area contributed by atoms with Gasteiger partial charge in [-0.05, 0) is 61.0 Å². The number of amides is 1. The van der Waals surface area contributed by atoms with Crippen LogP contribution in [0.1, 0.15) is 30.9 Å². The van der Waals surface area contributed by atoms with E-state index in [4.69, 9.17) is 33.3 Å². The minimum Gasteiger partial charge on any atom is -0.486 e. The second-order valence-electron chi connectivity index (χ2n) is 7.98. The van der Waals surface area contributed by atoms with Gasteiger partial charge in [0.05, 0.1) is 16.9 Å². The molecule has 2 aliphatic rings. The van der Waals surface area contributed by atoms with Crippen LogP contribution in [0.2, 0.25) is 5.02 Å². The van der Waals surface area contributed by atoms with Gasteiger partial charge >= 0.3 is 0 Å². The lowest BCUT2D eigenvalue weighted by atomic mass is 10.0. The number of fused-ring (bicyclic) bond motifs is 2. The van der Waals surface area contributed by atoms with Gasteiger partial charge in [0.2, 0.25) is 5.91 Å². The SMILES string of the molecule is O=C(CCn1c(=S)[nH]c2cc(Cl)ccc2c1=O)N1CCC[C@@H]1c1ccc2c(c1)OCCO2. The van der Waals surface area contributed by atoms with Crippen molar-refractivity contribution in [2.45, 2.75) is 31.8 Å². The van der Waals surface area contributed by atoms with Gasteiger partial charge in [0.25, 0.3) is 5.56 Å². The largest absolute Gasteiger partial charge is 0.486 e. The number of halogens is 1. The van der Waals surface area contributed by atoms with Crippen molar-refractivity contribution in [1.82, 2.24) is 14.5 Å². The maximum atomic E-state index is 13.1. The van der Waals surface area contributed by atoms with Gasteiger partial charge < -0.3 is 19.4 Å². The Morgan fingerprint density at radius 3 is 2.81 bits per heavy atom. The summed E-state index contributed by atoms with van der Waals surface area (Å²) in [6.07, 6.45) is 2.02. The van der Waals surface area contributed by atoms with E-state index in [9.17, 15) is 9.59 Å². The molecule has 0 saturated carbocycles. The number of hydrogen-bond donors (Lipinski definition) is 1. The van der Waals surface area contributed by atoms with Gasteiger partial charge in [-0.3, -0.25) is 14.2 Å². The van der Waals surface area contributed by atoms with Crippen molar-refractivity contribution in [2.24, 2.45) is 0 Å². The fraction of sp³-hybridized carbons (Fsp3) is 0.348. The Bertz CT molecular complexity index is 1320. The third kappa shape index (κ3) is 3.89. The van der Waals surface area contributed by atoms with Crippen molar-refractivity contribution in [2.75, 3.05) is 19.8 Å². The van der Waals surface area contributed by atoms with Crippen LogP contribution in [-0.2, 0) is 11.3 Å². The predicted molar refractivity (Wildman–Crippen MR) is 124 cm³/mol. The average molecular weight is 472 g/mol. The molecule has 1 amide bonds. The van der Waals surface area contributed by atoms with Crippen LogP contribution in [-0.4, -0.2) is 40.1 Å². The monoisotopic (exact) mass is 471 g/mol. The zero-order chi connectivity index (χ0) is 22.2. The first-order valence-corrected chi connectivity index (χ1v) is 11.4. The number of rotatable bonds is 4. The molecular weight excluding hydrogens is 450 g/mol. The molecule has 1 fully saturated rings. The third-order valence-corrected chi connectivity index (χ3v) is 6.57. The predicted octanol–water partition coefficient (Wildman–Crippen LogP) is 4.24. The number of likely N-dealkylation sites (tertiary alicyclic amines) is 1. The van der Waals surface area contributed by atoms with Crippen molar-refractivity contribution in [3.05, 3.63) is 62.1 Å². The van der Waals surface area contributed by atoms with Gasteiger partial charge in [-0.1, -0.05) is 17.7 Å². The second-order valence-corrected chi connectivity index (χ2v) is 8.80. The maximum Gasteiger partial charge on any atom is 0.262 e. The molecule has 166 valence electrons. The standard InChI is InChI=1S/C23H22ClN3O4S/c24-15-4-5-16-17(13-15)25-23(32)27(22(16)29)9-7-21(28)26-8-1-2-18(26)14-3-6-19-20(12-14)31-11-10-30-19/h3-6,12-13,18H,1-2,7-11H2,(H,25,32)/t18-/m1/s1. The van der Waals surface area contributed by atoms with Crippen LogP contribution in [0, 0.1) is 4.77 Å². The molecule has 2 aromatic carbocycles. The summed E-state index contributed by atoms with van der Waals surface area (Å²) in [5, 5.41) is 1.01. The molecule has 32 heavy (non-hydrogen) atoms. The maximum absolute atomic E-state index is 13.1. The summed E-state index contributed by atoms with van der Waals surface area (Å²) in [5.74, 6) is 1.46. The van der Waals surface area contributed by atoms with E-state index in [2.05, 4.69) is 4.98 Å². The molecule has 0 unspecified atom stereocenters. The van der Waals surface area contributed by atoms with Crippen LogP contribution in [0.4, 0.5) is 0 Å². The van der Waals surface area contributed by atoms with E-state index in [1.807, 2.05) is 23.1 Å².